The fraction of sp³-hybridized carbons (Fsp3) is 0.833. The molecule has 0 aromatic heterocycles. The van der Waals surface area contributed by atoms with Gasteiger partial charge in [0, 0.05) is 6.04 Å². The molecule has 1 saturated heterocycles. The SMILES string of the molecule is CCCCC(CCC)N1CC(=O)NC(=O)C1. The van der Waals surface area contributed by atoms with E-state index in [1.54, 1.807) is 0 Å². The minimum atomic E-state index is -0.158. The van der Waals surface area contributed by atoms with Gasteiger partial charge in [-0.3, -0.25) is 19.8 Å². The van der Waals surface area contributed by atoms with Crippen molar-refractivity contribution in [3.63, 3.8) is 0 Å². The minimum Gasteiger partial charge on any atom is -0.294 e. The van der Waals surface area contributed by atoms with E-state index in [4.69, 9.17) is 0 Å². The summed E-state index contributed by atoms with van der Waals surface area (Å²) in [6.07, 6.45) is 5.58. The van der Waals surface area contributed by atoms with Crippen LogP contribution in [0.1, 0.15) is 46.0 Å². The molecule has 0 saturated carbocycles. The predicted octanol–water partition coefficient (Wildman–Crippen LogP) is 1.30. The molecular weight excluding hydrogens is 204 g/mol. The summed E-state index contributed by atoms with van der Waals surface area (Å²) < 4.78 is 0. The second kappa shape index (κ2) is 6.63. The van der Waals surface area contributed by atoms with E-state index in [0.717, 1.165) is 32.1 Å². The normalized spacial score (nSPS) is 19.6. The van der Waals surface area contributed by atoms with Gasteiger partial charge in [0.05, 0.1) is 13.1 Å². The number of hydrogen-bond acceptors (Lipinski definition) is 3. The Morgan fingerprint density at radius 1 is 1.12 bits per heavy atom. The Labute approximate surface area is 97.4 Å². The van der Waals surface area contributed by atoms with Gasteiger partial charge < -0.3 is 0 Å². The summed E-state index contributed by atoms with van der Waals surface area (Å²) in [5.41, 5.74) is 0. The first-order valence-corrected chi connectivity index (χ1v) is 6.24. The lowest BCUT2D eigenvalue weighted by atomic mass is 10.0. The van der Waals surface area contributed by atoms with Gasteiger partial charge in [0.15, 0.2) is 0 Å². The summed E-state index contributed by atoms with van der Waals surface area (Å²) in [4.78, 5) is 24.6. The van der Waals surface area contributed by atoms with E-state index >= 15 is 0 Å². The third-order valence-electron chi connectivity index (χ3n) is 3.00. The third kappa shape index (κ3) is 3.93. The monoisotopic (exact) mass is 226 g/mol. The number of nitrogens with zero attached hydrogens (tertiary/aromatic N) is 1. The van der Waals surface area contributed by atoms with E-state index in [0.29, 0.717) is 19.1 Å². The topological polar surface area (TPSA) is 49.4 Å². The van der Waals surface area contributed by atoms with Crippen LogP contribution >= 0.6 is 0 Å². The molecule has 0 bridgehead atoms. The van der Waals surface area contributed by atoms with Crippen molar-refractivity contribution in [2.45, 2.75) is 52.0 Å². The second-order valence-corrected chi connectivity index (χ2v) is 4.46. The Kier molecular flexibility index (Phi) is 5.46. The van der Waals surface area contributed by atoms with Gasteiger partial charge in [-0.2, -0.15) is 0 Å². The zero-order valence-corrected chi connectivity index (χ0v) is 10.3. The summed E-state index contributed by atoms with van der Waals surface area (Å²) >= 11 is 0. The molecule has 16 heavy (non-hydrogen) atoms. The quantitative estimate of drug-likeness (QED) is 0.695. The summed E-state index contributed by atoms with van der Waals surface area (Å²) in [5, 5.41) is 2.34. The lowest BCUT2D eigenvalue weighted by Gasteiger charge is -2.33. The predicted molar refractivity (Wildman–Crippen MR) is 62.9 cm³/mol. The van der Waals surface area contributed by atoms with Crippen LogP contribution in [0.4, 0.5) is 0 Å². The molecular formula is C12H22N2O2. The average Bonchev–Trinajstić information content (AvgIpc) is 2.22. The van der Waals surface area contributed by atoms with Crippen LogP contribution in [0, 0.1) is 0 Å². The number of amides is 2. The fourth-order valence-corrected chi connectivity index (χ4v) is 2.20. The highest BCUT2D eigenvalue weighted by atomic mass is 16.2. The number of rotatable bonds is 6. The van der Waals surface area contributed by atoms with Crippen LogP contribution in [0.25, 0.3) is 0 Å². The number of carbonyl (C=O) groups excluding carboxylic acids is 2. The Balaban J connectivity index is 2.54. The lowest BCUT2D eigenvalue weighted by Crippen LogP contribution is -2.54. The number of piperazine rings is 1. The Morgan fingerprint density at radius 3 is 2.25 bits per heavy atom. The molecule has 1 N–H and O–H groups in total. The smallest absolute Gasteiger partial charge is 0.240 e. The summed E-state index contributed by atoms with van der Waals surface area (Å²) in [5.74, 6) is -0.317. The van der Waals surface area contributed by atoms with Crippen LogP contribution in [0.3, 0.4) is 0 Å². The zero-order valence-electron chi connectivity index (χ0n) is 10.3. The Hall–Kier alpha value is -0.900. The molecule has 4 nitrogen and oxygen atoms in total. The van der Waals surface area contributed by atoms with E-state index in [9.17, 15) is 9.59 Å². The van der Waals surface area contributed by atoms with Crippen LogP contribution in [-0.4, -0.2) is 35.8 Å². The Morgan fingerprint density at radius 2 is 1.75 bits per heavy atom. The lowest BCUT2D eigenvalue weighted by molar-refractivity contribution is -0.137. The van der Waals surface area contributed by atoms with E-state index in [2.05, 4.69) is 19.2 Å². The van der Waals surface area contributed by atoms with Gasteiger partial charge in [0.25, 0.3) is 0 Å². The fourth-order valence-electron chi connectivity index (χ4n) is 2.20. The molecule has 1 fully saturated rings. The molecule has 1 aliphatic rings. The molecule has 0 aliphatic carbocycles. The van der Waals surface area contributed by atoms with Crippen molar-refractivity contribution in [3.05, 3.63) is 0 Å². The maximum absolute atomic E-state index is 11.3. The first-order chi connectivity index (χ1) is 7.67. The average molecular weight is 226 g/mol. The first-order valence-electron chi connectivity index (χ1n) is 6.24. The highest BCUT2D eigenvalue weighted by Gasteiger charge is 2.27. The van der Waals surface area contributed by atoms with Crippen molar-refractivity contribution in [1.29, 1.82) is 0 Å². The van der Waals surface area contributed by atoms with Gasteiger partial charge in [-0.05, 0) is 12.8 Å². The molecule has 0 spiro atoms. The van der Waals surface area contributed by atoms with E-state index < -0.39 is 0 Å². The number of hydrogen-bond donors (Lipinski definition) is 1. The highest BCUT2D eigenvalue weighted by Crippen LogP contribution is 2.15. The molecule has 4 heteroatoms. The van der Waals surface area contributed by atoms with Gasteiger partial charge in [-0.25, -0.2) is 0 Å². The van der Waals surface area contributed by atoms with Crippen LogP contribution in [0.15, 0.2) is 0 Å². The van der Waals surface area contributed by atoms with Crippen LogP contribution in [0.5, 0.6) is 0 Å². The van der Waals surface area contributed by atoms with Crippen LogP contribution in [-0.2, 0) is 9.59 Å². The molecule has 1 aliphatic heterocycles. The molecule has 2 amide bonds. The standard InChI is InChI=1S/C12H22N2O2/c1-3-5-7-10(6-4-2)14-8-11(15)13-12(16)9-14/h10H,3-9H2,1-2H3,(H,13,15,16). The largest absolute Gasteiger partial charge is 0.294 e. The number of nitrogens with one attached hydrogen (secondary N) is 1. The van der Waals surface area contributed by atoms with Gasteiger partial charge in [0.1, 0.15) is 0 Å². The second-order valence-electron chi connectivity index (χ2n) is 4.46. The minimum absolute atomic E-state index is 0.158. The number of unbranched alkanes of at least 4 members (excludes halogenated alkanes) is 1. The van der Waals surface area contributed by atoms with Crippen molar-refractivity contribution in [1.82, 2.24) is 10.2 Å². The number of imide groups is 1. The molecule has 0 aromatic rings. The van der Waals surface area contributed by atoms with Gasteiger partial charge in [-0.15, -0.1) is 0 Å². The van der Waals surface area contributed by atoms with Crippen molar-refractivity contribution in [2.75, 3.05) is 13.1 Å². The zero-order chi connectivity index (χ0) is 12.0. The molecule has 1 unspecified atom stereocenters. The van der Waals surface area contributed by atoms with Gasteiger partial charge >= 0.3 is 0 Å². The molecule has 0 radical (unpaired) electrons. The molecule has 1 atom stereocenters. The summed E-state index contributed by atoms with van der Waals surface area (Å²) in [6, 6.07) is 0.389. The highest BCUT2D eigenvalue weighted by molar-refractivity contribution is 5.99. The van der Waals surface area contributed by atoms with E-state index in [1.807, 2.05) is 4.90 Å². The molecule has 92 valence electrons. The van der Waals surface area contributed by atoms with E-state index in [-0.39, 0.29) is 11.8 Å². The Bertz CT molecular complexity index is 237. The molecule has 0 aromatic carbocycles. The summed E-state index contributed by atoms with van der Waals surface area (Å²) in [7, 11) is 0. The first kappa shape index (κ1) is 13.2. The van der Waals surface area contributed by atoms with Crippen LogP contribution in [0.2, 0.25) is 0 Å². The van der Waals surface area contributed by atoms with Crippen molar-refractivity contribution in [3.8, 4) is 0 Å². The number of carbonyl (C=O) groups is 2. The van der Waals surface area contributed by atoms with Crippen LogP contribution < -0.4 is 5.32 Å². The van der Waals surface area contributed by atoms with Crippen molar-refractivity contribution in [2.24, 2.45) is 0 Å². The van der Waals surface area contributed by atoms with Gasteiger partial charge in [0.2, 0.25) is 11.8 Å². The third-order valence-corrected chi connectivity index (χ3v) is 3.00. The van der Waals surface area contributed by atoms with E-state index in [1.165, 1.54) is 0 Å². The molecule has 1 rings (SSSR count). The van der Waals surface area contributed by atoms with Gasteiger partial charge in [-0.1, -0.05) is 33.1 Å². The summed E-state index contributed by atoms with van der Waals surface area (Å²) in [6.45, 7) is 5.06. The maximum Gasteiger partial charge on any atom is 0.240 e. The molecule has 1 heterocycles. The van der Waals surface area contributed by atoms with Crippen molar-refractivity contribution < 1.29 is 9.59 Å². The maximum atomic E-state index is 11.3. The van der Waals surface area contributed by atoms with Crippen molar-refractivity contribution >= 4 is 11.8 Å².